The zero-order valence-electron chi connectivity index (χ0n) is 9.71. The van der Waals surface area contributed by atoms with Crippen molar-refractivity contribution in [1.29, 1.82) is 0 Å². The minimum atomic E-state index is -0.139. The van der Waals surface area contributed by atoms with E-state index in [9.17, 15) is 9.59 Å². The predicted octanol–water partition coefficient (Wildman–Crippen LogP) is 3.56. The van der Waals surface area contributed by atoms with Gasteiger partial charge in [0.2, 0.25) is 0 Å². The molecule has 2 aromatic carbocycles. The van der Waals surface area contributed by atoms with Gasteiger partial charge in [-0.1, -0.05) is 60.7 Å². The van der Waals surface area contributed by atoms with Gasteiger partial charge in [0.05, 0.1) is 6.42 Å². The van der Waals surface area contributed by atoms with E-state index in [-0.39, 0.29) is 30.4 Å². The molecule has 0 spiro atoms. The Morgan fingerprint density at radius 1 is 0.667 bits per heavy atom. The van der Waals surface area contributed by atoms with Crippen LogP contribution in [0.5, 0.6) is 0 Å². The van der Waals surface area contributed by atoms with Gasteiger partial charge in [-0.15, -0.1) is 12.4 Å². The van der Waals surface area contributed by atoms with Gasteiger partial charge in [0.1, 0.15) is 0 Å². The third-order valence-electron chi connectivity index (χ3n) is 2.51. The molecule has 0 bridgehead atoms. The minimum absolute atomic E-state index is 0. The summed E-state index contributed by atoms with van der Waals surface area (Å²) >= 11 is 0. The smallest absolute Gasteiger partial charge is 0.170 e. The molecule has 0 aliphatic rings. The van der Waals surface area contributed by atoms with Gasteiger partial charge in [-0.05, 0) is 0 Å². The molecule has 2 aromatic rings. The van der Waals surface area contributed by atoms with Crippen LogP contribution in [0.15, 0.2) is 60.7 Å². The van der Waals surface area contributed by atoms with Gasteiger partial charge in [0.15, 0.2) is 11.6 Å². The molecule has 92 valence electrons. The van der Waals surface area contributed by atoms with Crippen LogP contribution in [0.4, 0.5) is 0 Å². The van der Waals surface area contributed by atoms with Crippen molar-refractivity contribution in [2.45, 2.75) is 6.42 Å². The number of benzene rings is 2. The molecule has 0 N–H and O–H groups in total. The Hall–Kier alpha value is -1.93. The maximum absolute atomic E-state index is 11.8. The quantitative estimate of drug-likeness (QED) is 0.622. The Labute approximate surface area is 112 Å². The van der Waals surface area contributed by atoms with E-state index in [2.05, 4.69) is 0 Å². The summed E-state index contributed by atoms with van der Waals surface area (Å²) in [6.07, 6.45) is -0.0754. The standard InChI is InChI=1S/C15H12O2.ClH/c16-14(12-7-3-1-4-8-12)11-15(17)13-9-5-2-6-10-13;/h1-10H,11H2;1H. The Kier molecular flexibility index (Phi) is 5.28. The lowest BCUT2D eigenvalue weighted by Crippen LogP contribution is -2.08. The van der Waals surface area contributed by atoms with Crippen LogP contribution in [0, 0.1) is 0 Å². The lowest BCUT2D eigenvalue weighted by atomic mass is 10.0. The minimum Gasteiger partial charge on any atom is -0.294 e. The Bertz CT molecular complexity index is 471. The summed E-state index contributed by atoms with van der Waals surface area (Å²) in [5.74, 6) is -0.279. The molecule has 0 heterocycles. The fourth-order valence-electron chi connectivity index (χ4n) is 1.60. The molecule has 0 saturated carbocycles. The maximum atomic E-state index is 11.8. The number of halogens is 1. The van der Waals surface area contributed by atoms with E-state index >= 15 is 0 Å². The highest BCUT2D eigenvalue weighted by atomic mass is 35.5. The number of carbonyl (C=O) groups is 2. The molecule has 0 atom stereocenters. The first kappa shape index (κ1) is 14.1. The fourth-order valence-corrected chi connectivity index (χ4v) is 1.60. The van der Waals surface area contributed by atoms with Crippen molar-refractivity contribution in [1.82, 2.24) is 0 Å². The van der Waals surface area contributed by atoms with E-state index in [1.54, 1.807) is 48.5 Å². The molecule has 2 nitrogen and oxygen atoms in total. The summed E-state index contributed by atoms with van der Waals surface area (Å²) in [6, 6.07) is 17.7. The van der Waals surface area contributed by atoms with Gasteiger partial charge in [0, 0.05) is 11.1 Å². The number of carbonyl (C=O) groups excluding carboxylic acids is 2. The summed E-state index contributed by atoms with van der Waals surface area (Å²) in [5.41, 5.74) is 1.16. The van der Waals surface area contributed by atoms with Crippen LogP contribution in [-0.2, 0) is 0 Å². The van der Waals surface area contributed by atoms with Crippen molar-refractivity contribution in [2.24, 2.45) is 0 Å². The van der Waals surface area contributed by atoms with E-state index in [1.807, 2.05) is 12.1 Å². The molecule has 0 amide bonds. The van der Waals surface area contributed by atoms with E-state index in [0.29, 0.717) is 11.1 Å². The molecule has 0 saturated heterocycles. The second kappa shape index (κ2) is 6.72. The third-order valence-corrected chi connectivity index (χ3v) is 2.51. The van der Waals surface area contributed by atoms with Crippen molar-refractivity contribution >= 4 is 24.0 Å². The molecule has 0 aromatic heterocycles. The van der Waals surface area contributed by atoms with Crippen LogP contribution < -0.4 is 0 Å². The highest BCUT2D eigenvalue weighted by Crippen LogP contribution is 2.08. The monoisotopic (exact) mass is 260 g/mol. The van der Waals surface area contributed by atoms with Crippen molar-refractivity contribution in [3.63, 3.8) is 0 Å². The Morgan fingerprint density at radius 2 is 1.00 bits per heavy atom. The van der Waals surface area contributed by atoms with Crippen LogP contribution >= 0.6 is 12.4 Å². The highest BCUT2D eigenvalue weighted by molar-refractivity contribution is 6.13. The summed E-state index contributed by atoms with van der Waals surface area (Å²) in [6.45, 7) is 0. The van der Waals surface area contributed by atoms with E-state index in [4.69, 9.17) is 0 Å². The largest absolute Gasteiger partial charge is 0.294 e. The summed E-state index contributed by atoms with van der Waals surface area (Å²) in [5, 5.41) is 0. The van der Waals surface area contributed by atoms with Gasteiger partial charge in [-0.3, -0.25) is 9.59 Å². The molecule has 18 heavy (non-hydrogen) atoms. The number of ketones is 2. The van der Waals surface area contributed by atoms with Gasteiger partial charge in [0.25, 0.3) is 0 Å². The highest BCUT2D eigenvalue weighted by Gasteiger charge is 2.12. The number of rotatable bonds is 4. The lowest BCUT2D eigenvalue weighted by molar-refractivity contribution is 0.0894. The molecule has 3 heteroatoms. The van der Waals surface area contributed by atoms with Crippen LogP contribution in [0.3, 0.4) is 0 Å². The first-order chi connectivity index (χ1) is 8.27. The van der Waals surface area contributed by atoms with Crippen LogP contribution in [0.2, 0.25) is 0 Å². The molecule has 0 fully saturated rings. The van der Waals surface area contributed by atoms with Gasteiger partial charge >= 0.3 is 0 Å². The van der Waals surface area contributed by atoms with Crippen molar-refractivity contribution in [3.8, 4) is 0 Å². The van der Waals surface area contributed by atoms with Gasteiger partial charge < -0.3 is 0 Å². The summed E-state index contributed by atoms with van der Waals surface area (Å²) in [7, 11) is 0. The zero-order chi connectivity index (χ0) is 12.1. The van der Waals surface area contributed by atoms with E-state index < -0.39 is 0 Å². The van der Waals surface area contributed by atoms with Crippen molar-refractivity contribution < 1.29 is 9.59 Å². The molecule has 0 unspecified atom stereocenters. The normalized spacial score (nSPS) is 9.33. The first-order valence-electron chi connectivity index (χ1n) is 5.44. The molecule has 0 aliphatic heterocycles. The Morgan fingerprint density at radius 3 is 1.33 bits per heavy atom. The molecular formula is C15H13ClO2. The molecule has 0 radical (unpaired) electrons. The average Bonchev–Trinajstić information content (AvgIpc) is 2.40. The number of hydrogen-bond donors (Lipinski definition) is 0. The first-order valence-corrected chi connectivity index (χ1v) is 5.44. The van der Waals surface area contributed by atoms with Crippen LogP contribution in [-0.4, -0.2) is 11.6 Å². The van der Waals surface area contributed by atoms with E-state index in [0.717, 1.165) is 0 Å². The average molecular weight is 261 g/mol. The van der Waals surface area contributed by atoms with Crippen molar-refractivity contribution in [2.75, 3.05) is 0 Å². The number of hydrogen-bond acceptors (Lipinski definition) is 2. The fraction of sp³-hybridized carbons (Fsp3) is 0.0667. The zero-order valence-corrected chi connectivity index (χ0v) is 10.5. The molecule has 2 rings (SSSR count). The molecule has 0 aliphatic carbocycles. The lowest BCUT2D eigenvalue weighted by Gasteiger charge is -2.00. The summed E-state index contributed by atoms with van der Waals surface area (Å²) in [4.78, 5) is 23.6. The second-order valence-electron chi connectivity index (χ2n) is 3.76. The van der Waals surface area contributed by atoms with Crippen LogP contribution in [0.25, 0.3) is 0 Å². The Balaban J connectivity index is 0.00000162. The van der Waals surface area contributed by atoms with Crippen molar-refractivity contribution in [3.05, 3.63) is 71.8 Å². The van der Waals surface area contributed by atoms with Crippen LogP contribution in [0.1, 0.15) is 27.1 Å². The van der Waals surface area contributed by atoms with Gasteiger partial charge in [-0.2, -0.15) is 0 Å². The third kappa shape index (κ3) is 3.54. The second-order valence-corrected chi connectivity index (χ2v) is 3.76. The molecular weight excluding hydrogens is 248 g/mol. The topological polar surface area (TPSA) is 34.1 Å². The van der Waals surface area contributed by atoms with E-state index in [1.165, 1.54) is 0 Å². The van der Waals surface area contributed by atoms with Gasteiger partial charge in [-0.25, -0.2) is 0 Å². The summed E-state index contributed by atoms with van der Waals surface area (Å²) < 4.78 is 0. The SMILES string of the molecule is Cl.O=C(CC(=O)c1ccccc1)c1ccccc1. The predicted molar refractivity (Wildman–Crippen MR) is 73.4 cm³/mol. The number of Topliss-reactive ketones (excluding diaryl/α,β-unsaturated/α-hetero) is 2. The maximum Gasteiger partial charge on any atom is 0.170 e.